The minimum Gasteiger partial charge on any atom is -0.341 e. The first-order valence-corrected chi connectivity index (χ1v) is 10.5. The quantitative estimate of drug-likeness (QED) is 0.570. The average molecular weight is 370 g/mol. The highest BCUT2D eigenvalue weighted by Crippen LogP contribution is 2.26. The van der Waals surface area contributed by atoms with Crippen molar-refractivity contribution in [3.63, 3.8) is 0 Å². The van der Waals surface area contributed by atoms with Crippen molar-refractivity contribution in [3.05, 3.63) is 35.2 Å². The van der Waals surface area contributed by atoms with Crippen LogP contribution in [0.3, 0.4) is 0 Å². The highest BCUT2D eigenvalue weighted by molar-refractivity contribution is 5.64. The molecule has 1 heterocycles. The normalized spacial score (nSPS) is 10.9. The van der Waals surface area contributed by atoms with Crippen molar-refractivity contribution in [1.29, 1.82) is 0 Å². The Bertz CT molecular complexity index is 684. The molecular formula is C22H35N5. The molecule has 148 valence electrons. The number of nitrogens with zero attached hydrogens (tertiary/aromatic N) is 4. The third kappa shape index (κ3) is 5.91. The van der Waals surface area contributed by atoms with Gasteiger partial charge in [0.1, 0.15) is 5.82 Å². The van der Waals surface area contributed by atoms with Crippen LogP contribution in [-0.4, -0.2) is 28.0 Å². The van der Waals surface area contributed by atoms with E-state index in [1.807, 2.05) is 6.92 Å². The maximum absolute atomic E-state index is 4.78. The molecule has 27 heavy (non-hydrogen) atoms. The lowest BCUT2D eigenvalue weighted by atomic mass is 10.0. The van der Waals surface area contributed by atoms with Crippen LogP contribution in [0.25, 0.3) is 0 Å². The van der Waals surface area contributed by atoms with Gasteiger partial charge in [0, 0.05) is 18.8 Å². The Hall–Kier alpha value is -2.17. The van der Waals surface area contributed by atoms with E-state index < -0.39 is 0 Å². The molecule has 1 aromatic carbocycles. The molecule has 0 aliphatic heterocycles. The van der Waals surface area contributed by atoms with E-state index in [1.165, 1.54) is 24.0 Å². The zero-order chi connectivity index (χ0) is 19.6. The Balaban J connectivity index is 2.34. The predicted octanol–water partition coefficient (Wildman–Crippen LogP) is 5.46. The summed E-state index contributed by atoms with van der Waals surface area (Å²) in [5, 5.41) is 3.50. The molecule has 2 rings (SSSR count). The summed E-state index contributed by atoms with van der Waals surface area (Å²) < 4.78 is 0. The van der Waals surface area contributed by atoms with Crippen LogP contribution in [0.15, 0.2) is 18.2 Å². The number of unbranched alkanes of at least 4 members (excludes halogenated alkanes) is 2. The van der Waals surface area contributed by atoms with Crippen LogP contribution in [0.1, 0.15) is 70.3 Å². The molecule has 0 spiro atoms. The summed E-state index contributed by atoms with van der Waals surface area (Å²) in [7, 11) is 0. The van der Waals surface area contributed by atoms with Crippen LogP contribution in [0, 0.1) is 6.92 Å². The van der Waals surface area contributed by atoms with Gasteiger partial charge >= 0.3 is 0 Å². The smallest absolute Gasteiger partial charge is 0.232 e. The van der Waals surface area contributed by atoms with Crippen molar-refractivity contribution in [3.8, 4) is 0 Å². The molecule has 0 aliphatic rings. The molecule has 0 saturated heterocycles. The second-order valence-electron chi connectivity index (χ2n) is 6.98. The Kier molecular flexibility index (Phi) is 8.49. The molecule has 5 nitrogen and oxygen atoms in total. The van der Waals surface area contributed by atoms with Crippen molar-refractivity contribution < 1.29 is 0 Å². The number of aromatic nitrogens is 3. The number of aryl methyl sites for hydroxylation is 3. The summed E-state index contributed by atoms with van der Waals surface area (Å²) in [5.41, 5.74) is 3.73. The van der Waals surface area contributed by atoms with Crippen LogP contribution in [0.4, 0.5) is 17.6 Å². The number of para-hydroxylation sites is 1. The topological polar surface area (TPSA) is 53.9 Å². The van der Waals surface area contributed by atoms with Gasteiger partial charge in [0.25, 0.3) is 0 Å². The largest absolute Gasteiger partial charge is 0.341 e. The van der Waals surface area contributed by atoms with Crippen LogP contribution in [-0.2, 0) is 12.8 Å². The fourth-order valence-corrected chi connectivity index (χ4v) is 3.19. The van der Waals surface area contributed by atoms with E-state index in [0.29, 0.717) is 5.95 Å². The highest BCUT2D eigenvalue weighted by Gasteiger charge is 2.14. The number of hydrogen-bond donors (Lipinski definition) is 1. The SMILES string of the molecule is CCCCN(CCCC)c1nc(C)nc(Nc2c(CC)cccc2CC)n1. The van der Waals surface area contributed by atoms with Gasteiger partial charge in [-0.05, 0) is 43.7 Å². The Morgan fingerprint density at radius 2 is 1.44 bits per heavy atom. The van der Waals surface area contributed by atoms with E-state index in [0.717, 1.165) is 56.2 Å². The summed E-state index contributed by atoms with van der Waals surface area (Å²) in [4.78, 5) is 16.3. The van der Waals surface area contributed by atoms with Gasteiger partial charge < -0.3 is 10.2 Å². The minimum atomic E-state index is 0.645. The van der Waals surface area contributed by atoms with Crippen LogP contribution in [0.5, 0.6) is 0 Å². The van der Waals surface area contributed by atoms with Crippen molar-refractivity contribution in [2.45, 2.75) is 73.1 Å². The first kappa shape index (κ1) is 21.1. The van der Waals surface area contributed by atoms with Crippen molar-refractivity contribution in [2.75, 3.05) is 23.3 Å². The maximum atomic E-state index is 4.78. The summed E-state index contributed by atoms with van der Waals surface area (Å²) in [6, 6.07) is 6.47. The van der Waals surface area contributed by atoms with E-state index in [2.05, 4.69) is 66.1 Å². The zero-order valence-corrected chi connectivity index (χ0v) is 17.7. The summed E-state index contributed by atoms with van der Waals surface area (Å²) in [6.45, 7) is 12.7. The molecule has 0 aliphatic carbocycles. The summed E-state index contributed by atoms with van der Waals surface area (Å²) in [6.07, 6.45) is 6.59. The Morgan fingerprint density at radius 3 is 1.96 bits per heavy atom. The molecule has 0 radical (unpaired) electrons. The highest BCUT2D eigenvalue weighted by atomic mass is 15.3. The lowest BCUT2D eigenvalue weighted by molar-refractivity contribution is 0.660. The number of rotatable bonds is 11. The van der Waals surface area contributed by atoms with Gasteiger partial charge in [-0.3, -0.25) is 0 Å². The molecule has 1 N–H and O–H groups in total. The summed E-state index contributed by atoms with van der Waals surface area (Å²) in [5.74, 6) is 2.19. The van der Waals surface area contributed by atoms with Crippen LogP contribution in [0.2, 0.25) is 0 Å². The van der Waals surface area contributed by atoms with Gasteiger partial charge in [0.2, 0.25) is 11.9 Å². The summed E-state index contributed by atoms with van der Waals surface area (Å²) >= 11 is 0. The fraction of sp³-hybridized carbons (Fsp3) is 0.591. The van der Waals surface area contributed by atoms with E-state index >= 15 is 0 Å². The lowest BCUT2D eigenvalue weighted by Gasteiger charge is -2.23. The molecule has 5 heteroatoms. The maximum Gasteiger partial charge on any atom is 0.232 e. The van der Waals surface area contributed by atoms with Crippen LogP contribution < -0.4 is 10.2 Å². The van der Waals surface area contributed by atoms with E-state index in [-0.39, 0.29) is 0 Å². The predicted molar refractivity (Wildman–Crippen MR) is 115 cm³/mol. The van der Waals surface area contributed by atoms with Crippen molar-refractivity contribution in [2.24, 2.45) is 0 Å². The first-order valence-electron chi connectivity index (χ1n) is 10.5. The average Bonchev–Trinajstić information content (AvgIpc) is 2.67. The molecule has 0 saturated carbocycles. The monoisotopic (exact) mass is 369 g/mol. The number of benzene rings is 1. The molecule has 0 bridgehead atoms. The second-order valence-corrected chi connectivity index (χ2v) is 6.98. The molecular weight excluding hydrogens is 334 g/mol. The number of nitrogens with one attached hydrogen (secondary N) is 1. The standard InChI is InChI=1S/C22H35N5/c1-6-10-15-27(16-11-7-2)22-24-17(5)23-21(26-22)25-20-18(8-3)13-12-14-19(20)9-4/h12-14H,6-11,15-16H2,1-5H3,(H,23,24,25,26). The Labute approximate surface area is 164 Å². The number of hydrogen-bond acceptors (Lipinski definition) is 5. The first-order chi connectivity index (χ1) is 13.1. The second kappa shape index (κ2) is 10.9. The van der Waals surface area contributed by atoms with Crippen molar-refractivity contribution >= 4 is 17.6 Å². The lowest BCUT2D eigenvalue weighted by Crippen LogP contribution is -2.28. The van der Waals surface area contributed by atoms with Gasteiger partial charge in [0.15, 0.2) is 0 Å². The molecule has 0 amide bonds. The third-order valence-electron chi connectivity index (χ3n) is 4.82. The molecule has 0 unspecified atom stereocenters. The zero-order valence-electron chi connectivity index (χ0n) is 17.7. The van der Waals surface area contributed by atoms with E-state index in [1.54, 1.807) is 0 Å². The van der Waals surface area contributed by atoms with Crippen molar-refractivity contribution in [1.82, 2.24) is 15.0 Å². The van der Waals surface area contributed by atoms with Gasteiger partial charge in [-0.1, -0.05) is 58.7 Å². The van der Waals surface area contributed by atoms with E-state index in [9.17, 15) is 0 Å². The van der Waals surface area contributed by atoms with Gasteiger partial charge in [-0.2, -0.15) is 15.0 Å². The van der Waals surface area contributed by atoms with E-state index in [4.69, 9.17) is 4.98 Å². The third-order valence-corrected chi connectivity index (χ3v) is 4.82. The Morgan fingerprint density at radius 1 is 0.852 bits per heavy atom. The molecule has 1 aromatic heterocycles. The van der Waals surface area contributed by atoms with Gasteiger partial charge in [-0.25, -0.2) is 0 Å². The van der Waals surface area contributed by atoms with Gasteiger partial charge in [-0.15, -0.1) is 0 Å². The van der Waals surface area contributed by atoms with Gasteiger partial charge in [0.05, 0.1) is 0 Å². The number of anilines is 3. The molecule has 2 aromatic rings. The molecule has 0 atom stereocenters. The van der Waals surface area contributed by atoms with Crippen LogP contribution >= 0.6 is 0 Å². The fourth-order valence-electron chi connectivity index (χ4n) is 3.19. The minimum absolute atomic E-state index is 0.645. The molecule has 0 fully saturated rings.